The minimum Gasteiger partial charge on any atom is -0.383 e. The monoisotopic (exact) mass is 334 g/mol. The van der Waals surface area contributed by atoms with Crippen molar-refractivity contribution in [3.63, 3.8) is 0 Å². The minimum absolute atomic E-state index is 0.0760. The van der Waals surface area contributed by atoms with E-state index in [1.54, 1.807) is 0 Å². The number of benzene rings is 2. The van der Waals surface area contributed by atoms with Crippen molar-refractivity contribution in [2.45, 2.75) is 6.10 Å². The van der Waals surface area contributed by atoms with Crippen LogP contribution in [0.25, 0.3) is 0 Å². The van der Waals surface area contributed by atoms with Crippen molar-refractivity contribution in [2.24, 2.45) is 0 Å². The number of aliphatic hydroxyl groups is 1. The molecular formula is C13H7BrF4O. The molecule has 6 heteroatoms. The van der Waals surface area contributed by atoms with E-state index in [-0.39, 0.29) is 10.0 Å². The van der Waals surface area contributed by atoms with Gasteiger partial charge in [0.2, 0.25) is 0 Å². The van der Waals surface area contributed by atoms with Crippen molar-refractivity contribution >= 4 is 15.9 Å². The Bertz CT molecular complexity index is 630. The molecular weight excluding hydrogens is 328 g/mol. The third-order valence-corrected chi connectivity index (χ3v) is 3.22. The van der Waals surface area contributed by atoms with E-state index < -0.39 is 34.9 Å². The molecule has 0 aliphatic heterocycles. The molecule has 19 heavy (non-hydrogen) atoms. The molecule has 1 N–H and O–H groups in total. The van der Waals surface area contributed by atoms with Crippen LogP contribution in [0.3, 0.4) is 0 Å². The molecule has 0 spiro atoms. The van der Waals surface area contributed by atoms with E-state index in [1.165, 1.54) is 18.2 Å². The normalized spacial score (nSPS) is 12.5. The number of hydrogen-bond acceptors (Lipinski definition) is 1. The van der Waals surface area contributed by atoms with Crippen LogP contribution in [-0.2, 0) is 0 Å². The summed E-state index contributed by atoms with van der Waals surface area (Å²) in [5.74, 6) is -4.63. The van der Waals surface area contributed by atoms with Gasteiger partial charge in [-0.15, -0.1) is 0 Å². The molecule has 100 valence electrons. The number of hydrogen-bond donors (Lipinski definition) is 1. The Morgan fingerprint density at radius 2 is 1.53 bits per heavy atom. The second-order valence-corrected chi connectivity index (χ2v) is 4.69. The quantitative estimate of drug-likeness (QED) is 0.648. The Hall–Kier alpha value is -1.40. The molecule has 2 aromatic rings. The summed E-state index contributed by atoms with van der Waals surface area (Å²) in [7, 11) is 0. The average Bonchev–Trinajstić information content (AvgIpc) is 2.36. The number of rotatable bonds is 2. The molecule has 0 saturated heterocycles. The molecule has 1 nitrogen and oxygen atoms in total. The lowest BCUT2D eigenvalue weighted by atomic mass is 10.0. The number of aliphatic hydroxyl groups excluding tert-OH is 1. The summed E-state index contributed by atoms with van der Waals surface area (Å²) in [5.41, 5.74) is -0.768. The first-order valence-corrected chi connectivity index (χ1v) is 5.97. The van der Waals surface area contributed by atoms with Gasteiger partial charge < -0.3 is 5.11 Å². The molecule has 0 aliphatic carbocycles. The average molecular weight is 335 g/mol. The predicted octanol–water partition coefficient (Wildman–Crippen LogP) is 4.09. The summed E-state index contributed by atoms with van der Waals surface area (Å²) < 4.78 is 53.2. The van der Waals surface area contributed by atoms with Gasteiger partial charge in [-0.1, -0.05) is 12.1 Å². The Kier molecular flexibility index (Phi) is 3.91. The molecule has 2 aromatic carbocycles. The van der Waals surface area contributed by atoms with Gasteiger partial charge in [0, 0.05) is 17.2 Å². The highest BCUT2D eigenvalue weighted by Gasteiger charge is 2.21. The maximum absolute atomic E-state index is 13.8. The summed E-state index contributed by atoms with van der Waals surface area (Å²) in [6.07, 6.45) is -1.73. The second kappa shape index (κ2) is 5.30. The van der Waals surface area contributed by atoms with Gasteiger partial charge in [0.15, 0.2) is 11.6 Å². The van der Waals surface area contributed by atoms with Crippen molar-refractivity contribution in [1.29, 1.82) is 0 Å². The fraction of sp³-hybridized carbons (Fsp3) is 0.0769. The molecule has 0 fully saturated rings. The molecule has 1 atom stereocenters. The molecule has 1 unspecified atom stereocenters. The van der Waals surface area contributed by atoms with Crippen LogP contribution in [0.5, 0.6) is 0 Å². The molecule has 0 heterocycles. The molecule has 0 aliphatic rings. The van der Waals surface area contributed by atoms with Crippen LogP contribution in [0.1, 0.15) is 17.2 Å². The SMILES string of the molecule is OC(c1cc(F)c(F)cc1F)c1cccc(Br)c1F. The minimum atomic E-state index is -1.73. The van der Waals surface area contributed by atoms with Gasteiger partial charge in [-0.25, -0.2) is 17.6 Å². The summed E-state index contributed by atoms with van der Waals surface area (Å²) in [6.45, 7) is 0. The Balaban J connectivity index is 2.53. The van der Waals surface area contributed by atoms with E-state index in [4.69, 9.17) is 0 Å². The van der Waals surface area contributed by atoms with Gasteiger partial charge in [-0.3, -0.25) is 0 Å². The molecule has 0 radical (unpaired) electrons. The van der Waals surface area contributed by atoms with Gasteiger partial charge in [0.1, 0.15) is 17.7 Å². The first-order chi connectivity index (χ1) is 8.91. The van der Waals surface area contributed by atoms with Crippen molar-refractivity contribution in [3.8, 4) is 0 Å². The summed E-state index contributed by atoms with van der Waals surface area (Å²) in [5, 5.41) is 9.90. The third-order valence-electron chi connectivity index (χ3n) is 2.61. The van der Waals surface area contributed by atoms with Crippen molar-refractivity contribution in [1.82, 2.24) is 0 Å². The van der Waals surface area contributed by atoms with Crippen LogP contribution in [0.4, 0.5) is 17.6 Å². The van der Waals surface area contributed by atoms with Gasteiger partial charge in [-0.2, -0.15) is 0 Å². The van der Waals surface area contributed by atoms with E-state index in [1.807, 2.05) is 0 Å². The van der Waals surface area contributed by atoms with E-state index in [2.05, 4.69) is 15.9 Å². The fourth-order valence-electron chi connectivity index (χ4n) is 1.65. The Labute approximate surface area is 114 Å². The third kappa shape index (κ3) is 2.64. The van der Waals surface area contributed by atoms with Gasteiger partial charge >= 0.3 is 0 Å². The van der Waals surface area contributed by atoms with Gasteiger partial charge in [-0.05, 0) is 28.1 Å². The fourth-order valence-corrected chi connectivity index (χ4v) is 2.03. The maximum atomic E-state index is 13.8. The molecule has 2 rings (SSSR count). The molecule has 0 amide bonds. The van der Waals surface area contributed by atoms with E-state index >= 15 is 0 Å². The van der Waals surface area contributed by atoms with Crippen LogP contribution in [0.15, 0.2) is 34.8 Å². The number of halogens is 5. The van der Waals surface area contributed by atoms with Crippen LogP contribution in [0.2, 0.25) is 0 Å². The highest BCUT2D eigenvalue weighted by Crippen LogP contribution is 2.30. The van der Waals surface area contributed by atoms with Gasteiger partial charge in [0.25, 0.3) is 0 Å². The Morgan fingerprint density at radius 3 is 2.21 bits per heavy atom. The molecule has 0 bridgehead atoms. The topological polar surface area (TPSA) is 20.2 Å². The lowest BCUT2D eigenvalue weighted by Crippen LogP contribution is -2.07. The molecule has 0 aromatic heterocycles. The summed E-state index contributed by atoms with van der Waals surface area (Å²) in [4.78, 5) is 0. The highest BCUT2D eigenvalue weighted by atomic mass is 79.9. The maximum Gasteiger partial charge on any atom is 0.161 e. The predicted molar refractivity (Wildman–Crippen MR) is 64.5 cm³/mol. The zero-order valence-electron chi connectivity index (χ0n) is 9.30. The first kappa shape index (κ1) is 14.0. The standard InChI is InChI=1S/C13H7BrF4O/c14-8-3-1-2-6(12(8)18)13(19)7-4-10(16)11(17)5-9(7)15/h1-5,13,19H. The lowest BCUT2D eigenvalue weighted by Gasteiger charge is -2.14. The van der Waals surface area contributed by atoms with Crippen LogP contribution in [-0.4, -0.2) is 5.11 Å². The van der Waals surface area contributed by atoms with Crippen molar-refractivity contribution in [2.75, 3.05) is 0 Å². The van der Waals surface area contributed by atoms with Gasteiger partial charge in [0.05, 0.1) is 4.47 Å². The first-order valence-electron chi connectivity index (χ1n) is 5.18. The smallest absolute Gasteiger partial charge is 0.161 e. The zero-order valence-corrected chi connectivity index (χ0v) is 10.9. The van der Waals surface area contributed by atoms with E-state index in [0.717, 1.165) is 0 Å². The summed E-state index contributed by atoms with van der Waals surface area (Å²) >= 11 is 2.92. The summed E-state index contributed by atoms with van der Waals surface area (Å²) in [6, 6.07) is 4.88. The largest absolute Gasteiger partial charge is 0.383 e. The van der Waals surface area contributed by atoms with Crippen LogP contribution < -0.4 is 0 Å². The van der Waals surface area contributed by atoms with E-state index in [9.17, 15) is 22.7 Å². The zero-order chi connectivity index (χ0) is 14.2. The van der Waals surface area contributed by atoms with Crippen LogP contribution >= 0.6 is 15.9 Å². The second-order valence-electron chi connectivity index (χ2n) is 3.83. The van der Waals surface area contributed by atoms with Crippen LogP contribution in [0, 0.1) is 23.3 Å². The van der Waals surface area contributed by atoms with E-state index in [0.29, 0.717) is 12.1 Å². The molecule has 0 saturated carbocycles. The lowest BCUT2D eigenvalue weighted by molar-refractivity contribution is 0.208. The van der Waals surface area contributed by atoms with Crippen molar-refractivity contribution in [3.05, 3.63) is 69.2 Å². The van der Waals surface area contributed by atoms with Crippen molar-refractivity contribution < 1.29 is 22.7 Å². The highest BCUT2D eigenvalue weighted by molar-refractivity contribution is 9.10. The Morgan fingerprint density at radius 1 is 0.895 bits per heavy atom.